The van der Waals surface area contributed by atoms with Gasteiger partial charge in [-0.1, -0.05) is 0 Å². The zero-order chi connectivity index (χ0) is 25.4. The number of alkyl halides is 3. The second kappa shape index (κ2) is 9.75. The van der Waals surface area contributed by atoms with E-state index in [9.17, 15) is 13.2 Å². The van der Waals surface area contributed by atoms with Crippen molar-refractivity contribution in [1.82, 2.24) is 34.4 Å². The zero-order valence-electron chi connectivity index (χ0n) is 20.1. The molecule has 6 heterocycles. The van der Waals surface area contributed by atoms with Gasteiger partial charge in [0, 0.05) is 63.5 Å². The lowest BCUT2D eigenvalue weighted by Gasteiger charge is -2.43. The van der Waals surface area contributed by atoms with Crippen LogP contribution in [0.4, 0.5) is 19.0 Å². The quantitative estimate of drug-likeness (QED) is 0.435. The van der Waals surface area contributed by atoms with Crippen molar-refractivity contribution in [2.24, 2.45) is 5.92 Å². The average Bonchev–Trinajstić information content (AvgIpc) is 3.59. The molecule has 2 saturated heterocycles. The highest BCUT2D eigenvalue weighted by Gasteiger charge is 2.33. The topological polar surface area (TPSA) is 87.5 Å². The lowest BCUT2D eigenvalue weighted by molar-refractivity contribution is -0.137. The first-order valence-corrected chi connectivity index (χ1v) is 12.4. The predicted molar refractivity (Wildman–Crippen MR) is 130 cm³/mol. The summed E-state index contributed by atoms with van der Waals surface area (Å²) in [6.07, 6.45) is 5.69. The molecule has 12 heteroatoms. The molecule has 1 atom stereocenters. The second-order valence-corrected chi connectivity index (χ2v) is 9.57. The Morgan fingerprint density at radius 2 is 1.92 bits per heavy atom. The third-order valence-corrected chi connectivity index (χ3v) is 7.26. The molecule has 9 nitrogen and oxygen atoms in total. The van der Waals surface area contributed by atoms with Gasteiger partial charge in [-0.3, -0.25) is 14.4 Å². The van der Waals surface area contributed by atoms with Crippen LogP contribution in [0.1, 0.15) is 30.0 Å². The van der Waals surface area contributed by atoms with Crippen LogP contribution >= 0.6 is 0 Å². The van der Waals surface area contributed by atoms with E-state index < -0.39 is 11.7 Å². The second-order valence-electron chi connectivity index (χ2n) is 9.57. The lowest BCUT2D eigenvalue weighted by Crippen LogP contribution is -2.50. The molecule has 0 aliphatic carbocycles. The maximum atomic E-state index is 13.3. The monoisotopic (exact) mass is 512 g/mol. The van der Waals surface area contributed by atoms with Gasteiger partial charge in [-0.2, -0.15) is 18.3 Å². The Hall–Kier alpha value is -3.51. The smallest absolute Gasteiger partial charge is 0.381 e. The Bertz CT molecular complexity index is 1350. The lowest BCUT2D eigenvalue weighted by atomic mass is 9.97. The molecule has 0 spiro atoms. The first kappa shape index (κ1) is 23.9. The van der Waals surface area contributed by atoms with Crippen molar-refractivity contribution in [3.63, 3.8) is 0 Å². The van der Waals surface area contributed by atoms with E-state index in [1.165, 1.54) is 16.7 Å². The summed E-state index contributed by atoms with van der Waals surface area (Å²) >= 11 is 0. The summed E-state index contributed by atoms with van der Waals surface area (Å²) in [5.74, 6) is 1.66. The number of halogens is 3. The van der Waals surface area contributed by atoms with Gasteiger partial charge in [0.1, 0.15) is 17.2 Å². The Labute approximate surface area is 211 Å². The molecule has 1 unspecified atom stereocenters. The fourth-order valence-corrected chi connectivity index (χ4v) is 5.23. The summed E-state index contributed by atoms with van der Waals surface area (Å²) in [5.41, 5.74) is 1.18. The van der Waals surface area contributed by atoms with Crippen molar-refractivity contribution in [1.29, 1.82) is 0 Å². The van der Waals surface area contributed by atoms with Crippen molar-refractivity contribution in [3.05, 3.63) is 60.3 Å². The predicted octanol–water partition coefficient (Wildman–Crippen LogP) is 3.82. The molecule has 2 fully saturated rings. The number of imidazole rings is 1. The van der Waals surface area contributed by atoms with Gasteiger partial charge in [0.2, 0.25) is 0 Å². The number of H-pyrrole nitrogens is 1. The molecule has 2 aliphatic heterocycles. The molecule has 0 aromatic carbocycles. The molecule has 37 heavy (non-hydrogen) atoms. The van der Waals surface area contributed by atoms with Gasteiger partial charge in [-0.15, -0.1) is 0 Å². The van der Waals surface area contributed by atoms with Crippen LogP contribution in [0, 0.1) is 5.92 Å². The molecule has 0 radical (unpaired) electrons. The van der Waals surface area contributed by atoms with Crippen molar-refractivity contribution in [2.45, 2.75) is 25.1 Å². The molecular weight excluding hydrogens is 485 g/mol. The minimum absolute atomic E-state index is 0.138. The van der Waals surface area contributed by atoms with E-state index in [2.05, 4.69) is 30.0 Å². The van der Waals surface area contributed by atoms with Gasteiger partial charge < -0.3 is 9.64 Å². The average molecular weight is 513 g/mol. The number of fused-ring (bicyclic) bond motifs is 1. The summed E-state index contributed by atoms with van der Waals surface area (Å²) in [6, 6.07) is 4.36. The first-order chi connectivity index (χ1) is 18.0. The zero-order valence-corrected chi connectivity index (χ0v) is 20.1. The molecule has 2 aliphatic rings. The number of ether oxygens (including phenoxy) is 1. The Morgan fingerprint density at radius 3 is 2.70 bits per heavy atom. The van der Waals surface area contributed by atoms with E-state index in [0.717, 1.165) is 69.3 Å². The summed E-state index contributed by atoms with van der Waals surface area (Å²) in [6.45, 7) is 4.99. The van der Waals surface area contributed by atoms with Crippen LogP contribution in [0.25, 0.3) is 17.2 Å². The summed E-state index contributed by atoms with van der Waals surface area (Å²) in [7, 11) is 0. The number of nitrogens with one attached hydrogen (secondary N) is 1. The molecule has 4 aromatic rings. The normalized spacial score (nSPS) is 20.1. The summed E-state index contributed by atoms with van der Waals surface area (Å²) in [4.78, 5) is 18.1. The third-order valence-electron chi connectivity index (χ3n) is 7.26. The maximum Gasteiger partial charge on any atom is 0.417 e. The highest BCUT2D eigenvalue weighted by Crippen LogP contribution is 2.32. The standard InChI is InChI=1S/C25H27F3N8O/c26-25(27,28)19-1-2-22-30-13-20(36(22)15-19)24-29-6-3-23(33-24)35-8-7-34(14-17-4-9-37-10-5-17)21(16-35)18-11-31-32-12-18/h1-3,6,11-13,15,17,21H,4-5,7-10,14,16H2,(H,31,32). The largest absolute Gasteiger partial charge is 0.417 e. The molecule has 0 saturated carbocycles. The van der Waals surface area contributed by atoms with Crippen LogP contribution in [0.3, 0.4) is 0 Å². The van der Waals surface area contributed by atoms with Crippen molar-refractivity contribution in [3.8, 4) is 11.5 Å². The fourth-order valence-electron chi connectivity index (χ4n) is 5.23. The van der Waals surface area contributed by atoms with E-state index in [-0.39, 0.29) is 6.04 Å². The minimum atomic E-state index is -4.45. The van der Waals surface area contributed by atoms with Crippen LogP contribution in [-0.4, -0.2) is 73.8 Å². The van der Waals surface area contributed by atoms with Gasteiger partial charge in [0.25, 0.3) is 0 Å². The molecule has 4 aromatic heterocycles. The number of hydrogen-bond acceptors (Lipinski definition) is 7. The molecule has 194 valence electrons. The molecule has 0 bridgehead atoms. The number of aromatic nitrogens is 6. The van der Waals surface area contributed by atoms with Crippen LogP contribution in [-0.2, 0) is 10.9 Å². The van der Waals surface area contributed by atoms with Gasteiger partial charge >= 0.3 is 6.18 Å². The number of pyridine rings is 1. The molecular formula is C25H27F3N8O. The Kier molecular flexibility index (Phi) is 6.29. The van der Waals surface area contributed by atoms with Crippen LogP contribution < -0.4 is 4.90 Å². The number of aromatic amines is 1. The van der Waals surface area contributed by atoms with Gasteiger partial charge in [0.05, 0.1) is 24.0 Å². The van der Waals surface area contributed by atoms with Crippen molar-refractivity contribution < 1.29 is 17.9 Å². The number of anilines is 1. The number of nitrogens with zero attached hydrogens (tertiary/aromatic N) is 7. The number of piperazine rings is 1. The summed E-state index contributed by atoms with van der Waals surface area (Å²) in [5, 5.41) is 7.11. The van der Waals surface area contributed by atoms with Crippen LogP contribution in [0.15, 0.2) is 49.2 Å². The number of rotatable bonds is 5. The van der Waals surface area contributed by atoms with E-state index in [1.807, 2.05) is 18.5 Å². The minimum Gasteiger partial charge on any atom is -0.381 e. The maximum absolute atomic E-state index is 13.3. The third kappa shape index (κ3) is 4.90. The van der Waals surface area contributed by atoms with Crippen molar-refractivity contribution in [2.75, 3.05) is 44.3 Å². The Balaban J connectivity index is 1.27. The van der Waals surface area contributed by atoms with Crippen LogP contribution in [0.5, 0.6) is 0 Å². The van der Waals surface area contributed by atoms with E-state index in [0.29, 0.717) is 29.6 Å². The van der Waals surface area contributed by atoms with E-state index in [1.54, 1.807) is 6.20 Å². The highest BCUT2D eigenvalue weighted by molar-refractivity contribution is 5.59. The van der Waals surface area contributed by atoms with Gasteiger partial charge in [-0.25, -0.2) is 15.0 Å². The molecule has 0 amide bonds. The number of hydrogen-bond donors (Lipinski definition) is 1. The fraction of sp³-hybridized carbons (Fsp3) is 0.440. The van der Waals surface area contributed by atoms with Gasteiger partial charge in [-0.05, 0) is 37.0 Å². The molecule has 1 N–H and O–H groups in total. The molecule has 6 rings (SSSR count). The van der Waals surface area contributed by atoms with E-state index in [4.69, 9.17) is 9.72 Å². The highest BCUT2D eigenvalue weighted by atomic mass is 19.4. The van der Waals surface area contributed by atoms with Gasteiger partial charge in [0.15, 0.2) is 5.82 Å². The van der Waals surface area contributed by atoms with E-state index >= 15 is 0 Å². The van der Waals surface area contributed by atoms with Crippen LogP contribution in [0.2, 0.25) is 0 Å². The summed E-state index contributed by atoms with van der Waals surface area (Å²) < 4.78 is 46.9. The van der Waals surface area contributed by atoms with Crippen molar-refractivity contribution >= 4 is 11.5 Å². The Morgan fingerprint density at radius 1 is 1.05 bits per heavy atom. The first-order valence-electron chi connectivity index (χ1n) is 12.4. The SMILES string of the molecule is FC(F)(F)c1ccc2ncc(-c3nccc(N4CCN(CC5CCOCC5)C(c5cn[nH]c5)C4)n3)n2c1.